The van der Waals surface area contributed by atoms with Crippen LogP contribution in [0.15, 0.2) is 259 Å². The second-order valence-corrected chi connectivity index (χ2v) is 17.2. The van der Waals surface area contributed by atoms with Crippen LogP contribution in [0, 0.1) is 0 Å². The van der Waals surface area contributed by atoms with Gasteiger partial charge in [-0.1, -0.05) is 162 Å². The van der Waals surface area contributed by atoms with Crippen LogP contribution in [0.4, 0.5) is 22.7 Å². The molecule has 4 N–H and O–H groups in total. The molecule has 12 aromatic rings. The van der Waals surface area contributed by atoms with Crippen LogP contribution in [0.2, 0.25) is 0 Å². The number of para-hydroxylation sites is 6. The molecule has 0 saturated heterocycles. The summed E-state index contributed by atoms with van der Waals surface area (Å²) in [4.78, 5) is 0. The minimum atomic E-state index is -1.44. The Morgan fingerprint density at radius 3 is 0.971 bits per heavy atom. The van der Waals surface area contributed by atoms with Crippen molar-refractivity contribution in [3.05, 3.63) is 259 Å². The molecule has 0 radical (unpaired) electrons. The largest absolute Gasteiger partial charge is 0.488 e. The standard InChI is InChI=1S/C30H22N2.C18H14BNO2.C12H10BrN/c1-2-8-24(9-3-1)31-25-18-14-22(15-19-25)23-16-20-26(21-17-23)32-29-12-6-4-10-27(29)28-11-5-7-13-30(28)32;21-19(22)13-9-11-14(12-10-13)20-17-7-3-1-5-15(17)16-6-2-4-8-18(16)20;13-10-6-8-12(9-7-10)14-11-4-2-1-3-5-11/h1-21,31H;1-12,21-22H;1-9,14H. The van der Waals surface area contributed by atoms with Crippen LogP contribution in [0.5, 0.6) is 0 Å². The van der Waals surface area contributed by atoms with Crippen molar-refractivity contribution in [2.75, 3.05) is 10.6 Å². The lowest BCUT2D eigenvalue weighted by atomic mass is 9.80. The van der Waals surface area contributed by atoms with Crippen LogP contribution in [-0.2, 0) is 0 Å². The molecule has 0 unspecified atom stereocenters. The minimum absolute atomic E-state index is 0.490. The molecule has 0 fully saturated rings. The number of nitrogens with one attached hydrogen (secondary N) is 2. The maximum Gasteiger partial charge on any atom is 0.488 e. The second-order valence-electron chi connectivity index (χ2n) is 16.3. The molecule has 8 heteroatoms. The van der Waals surface area contributed by atoms with Crippen LogP contribution in [0.1, 0.15) is 0 Å². The molecule has 0 aliphatic heterocycles. The van der Waals surface area contributed by atoms with Gasteiger partial charge in [0, 0.05) is 60.1 Å². The number of rotatable bonds is 8. The van der Waals surface area contributed by atoms with Crippen molar-refractivity contribution in [1.29, 1.82) is 0 Å². The van der Waals surface area contributed by atoms with Crippen LogP contribution in [-0.4, -0.2) is 26.3 Å². The van der Waals surface area contributed by atoms with E-state index in [2.05, 4.69) is 169 Å². The minimum Gasteiger partial charge on any atom is -0.423 e. The zero-order chi connectivity index (χ0) is 46.2. The fourth-order valence-electron chi connectivity index (χ4n) is 8.66. The molecule has 10 aromatic carbocycles. The van der Waals surface area contributed by atoms with Gasteiger partial charge in [0.15, 0.2) is 0 Å². The van der Waals surface area contributed by atoms with E-state index in [1.165, 1.54) is 49.4 Å². The third-order valence-electron chi connectivity index (χ3n) is 11.9. The molecule has 2 heterocycles. The average Bonchev–Trinajstić information content (AvgIpc) is 3.92. The maximum absolute atomic E-state index is 9.24. The van der Waals surface area contributed by atoms with E-state index in [1.807, 2.05) is 109 Å². The van der Waals surface area contributed by atoms with Gasteiger partial charge >= 0.3 is 7.12 Å². The normalized spacial score (nSPS) is 10.9. The Morgan fingerprint density at radius 2 is 0.603 bits per heavy atom. The molecule has 0 aliphatic rings. The predicted molar refractivity (Wildman–Crippen MR) is 290 cm³/mol. The molecule has 0 atom stereocenters. The fraction of sp³-hybridized carbons (Fsp3) is 0. The molecule has 0 saturated carbocycles. The highest BCUT2D eigenvalue weighted by molar-refractivity contribution is 9.10. The first-order valence-electron chi connectivity index (χ1n) is 22.5. The highest BCUT2D eigenvalue weighted by Crippen LogP contribution is 2.34. The number of fused-ring (bicyclic) bond motifs is 6. The average molecular weight is 946 g/mol. The molecule has 0 amide bonds. The van der Waals surface area contributed by atoms with Crippen LogP contribution in [0.3, 0.4) is 0 Å². The molecule has 0 aliphatic carbocycles. The first-order valence-corrected chi connectivity index (χ1v) is 23.3. The Balaban J connectivity index is 0.000000129. The van der Waals surface area contributed by atoms with Crippen LogP contribution in [0.25, 0.3) is 66.1 Å². The SMILES string of the molecule is Brc1ccc(Nc2ccccc2)cc1.OB(O)c1ccc(-n2c3ccccc3c3ccccc32)cc1.c1ccc(Nc2ccc(-c3ccc(-n4c5ccccc5c5ccccc54)cc3)cc2)cc1. The summed E-state index contributed by atoms with van der Waals surface area (Å²) in [5, 5.41) is 30.2. The Kier molecular flexibility index (Phi) is 13.0. The van der Waals surface area contributed by atoms with E-state index in [-0.39, 0.29) is 0 Å². The number of anilines is 4. The van der Waals surface area contributed by atoms with Gasteiger partial charge in [-0.25, -0.2) is 0 Å². The van der Waals surface area contributed by atoms with E-state index in [0.29, 0.717) is 5.46 Å². The third-order valence-corrected chi connectivity index (χ3v) is 12.5. The Morgan fingerprint density at radius 1 is 0.309 bits per heavy atom. The van der Waals surface area contributed by atoms with E-state index in [9.17, 15) is 10.0 Å². The monoisotopic (exact) mass is 944 g/mol. The highest BCUT2D eigenvalue weighted by Gasteiger charge is 2.14. The summed E-state index contributed by atoms with van der Waals surface area (Å²) in [6, 6.07) is 87.1. The first-order chi connectivity index (χ1) is 33.5. The first kappa shape index (κ1) is 43.7. The molecule has 68 heavy (non-hydrogen) atoms. The topological polar surface area (TPSA) is 74.4 Å². The summed E-state index contributed by atoms with van der Waals surface area (Å²) in [7, 11) is -1.44. The van der Waals surface area contributed by atoms with E-state index in [4.69, 9.17) is 0 Å². The zero-order valence-corrected chi connectivity index (χ0v) is 38.6. The summed E-state index contributed by atoms with van der Waals surface area (Å²) in [6.45, 7) is 0. The molecule has 2 aromatic heterocycles. The van der Waals surface area contributed by atoms with Crippen molar-refractivity contribution in [3.63, 3.8) is 0 Å². The highest BCUT2D eigenvalue weighted by atomic mass is 79.9. The van der Waals surface area contributed by atoms with E-state index < -0.39 is 7.12 Å². The number of nitrogens with zero attached hydrogens (tertiary/aromatic N) is 2. The van der Waals surface area contributed by atoms with Crippen molar-refractivity contribution < 1.29 is 10.0 Å². The number of hydrogen-bond donors (Lipinski definition) is 4. The molecule has 6 nitrogen and oxygen atoms in total. The number of hydrogen-bond acceptors (Lipinski definition) is 4. The second kappa shape index (κ2) is 20.2. The van der Waals surface area contributed by atoms with Gasteiger partial charge < -0.3 is 29.8 Å². The van der Waals surface area contributed by atoms with E-state index in [1.54, 1.807) is 12.1 Å². The van der Waals surface area contributed by atoms with Crippen molar-refractivity contribution in [3.8, 4) is 22.5 Å². The number of aromatic nitrogens is 2. The molecule has 0 bridgehead atoms. The fourth-order valence-corrected chi connectivity index (χ4v) is 8.92. The quantitative estimate of drug-likeness (QED) is 0.115. The van der Waals surface area contributed by atoms with E-state index in [0.717, 1.165) is 43.9 Å². The smallest absolute Gasteiger partial charge is 0.423 e. The zero-order valence-electron chi connectivity index (χ0n) is 37.0. The summed E-state index contributed by atoms with van der Waals surface area (Å²) in [5.41, 5.74) is 14.2. The Bertz CT molecular complexity index is 3470. The Labute approximate surface area is 404 Å². The third kappa shape index (κ3) is 9.57. The van der Waals surface area contributed by atoms with Crippen molar-refractivity contribution in [2.45, 2.75) is 0 Å². The van der Waals surface area contributed by atoms with Gasteiger partial charge in [-0.2, -0.15) is 0 Å². The number of benzene rings is 10. The van der Waals surface area contributed by atoms with Crippen molar-refractivity contribution in [1.82, 2.24) is 9.13 Å². The molecule has 0 spiro atoms. The molecule has 12 rings (SSSR count). The van der Waals surface area contributed by atoms with Crippen molar-refractivity contribution in [2.24, 2.45) is 0 Å². The van der Waals surface area contributed by atoms with Crippen LogP contribution < -0.4 is 16.1 Å². The summed E-state index contributed by atoms with van der Waals surface area (Å²) < 4.78 is 5.63. The lowest BCUT2D eigenvalue weighted by Gasteiger charge is -2.10. The molecular weight excluding hydrogens is 899 g/mol. The summed E-state index contributed by atoms with van der Waals surface area (Å²) in [6.07, 6.45) is 0. The van der Waals surface area contributed by atoms with Gasteiger partial charge in [-0.15, -0.1) is 0 Å². The summed E-state index contributed by atoms with van der Waals surface area (Å²) in [5.74, 6) is 0. The van der Waals surface area contributed by atoms with Gasteiger partial charge in [-0.3, -0.25) is 0 Å². The van der Waals surface area contributed by atoms with Crippen LogP contribution >= 0.6 is 15.9 Å². The van der Waals surface area contributed by atoms with Gasteiger partial charge in [0.2, 0.25) is 0 Å². The predicted octanol–water partition coefficient (Wildman–Crippen LogP) is 14.9. The summed E-state index contributed by atoms with van der Waals surface area (Å²) >= 11 is 3.40. The van der Waals surface area contributed by atoms with Gasteiger partial charge in [0.05, 0.1) is 22.1 Å². The Hall–Kier alpha value is -8.14. The van der Waals surface area contributed by atoms with E-state index >= 15 is 0 Å². The lowest BCUT2D eigenvalue weighted by molar-refractivity contribution is 0.426. The molecule has 328 valence electrons. The van der Waals surface area contributed by atoms with Gasteiger partial charge in [0.1, 0.15) is 0 Å². The van der Waals surface area contributed by atoms with Gasteiger partial charge in [-0.05, 0) is 126 Å². The lowest BCUT2D eigenvalue weighted by Crippen LogP contribution is -2.29. The van der Waals surface area contributed by atoms with Gasteiger partial charge in [0.25, 0.3) is 0 Å². The number of halogens is 1. The maximum atomic E-state index is 9.24. The van der Waals surface area contributed by atoms with Crippen molar-refractivity contribution >= 4 is 94.9 Å². The molecular formula is C60H46BBrN4O2.